The normalized spacial score (nSPS) is 16.9. The fourth-order valence-corrected chi connectivity index (χ4v) is 4.25. The summed E-state index contributed by atoms with van der Waals surface area (Å²) in [7, 11) is 1.68. The summed E-state index contributed by atoms with van der Waals surface area (Å²) >= 11 is 0. The number of hydrogen-bond acceptors (Lipinski definition) is 6. The molecule has 3 aromatic rings. The molecular weight excluding hydrogens is 430 g/mol. The Morgan fingerprint density at radius 1 is 1.12 bits per heavy atom. The highest BCUT2D eigenvalue weighted by Gasteiger charge is 2.28. The van der Waals surface area contributed by atoms with Crippen LogP contribution in [-0.4, -0.2) is 53.4 Å². The number of fused-ring (bicyclic) bond motifs is 1. The van der Waals surface area contributed by atoms with Gasteiger partial charge in [-0.05, 0) is 82.5 Å². The summed E-state index contributed by atoms with van der Waals surface area (Å²) in [6.45, 7) is 11.3. The zero-order valence-corrected chi connectivity index (χ0v) is 20.8. The summed E-state index contributed by atoms with van der Waals surface area (Å²) in [6.07, 6.45) is 0.0738. The highest BCUT2D eigenvalue weighted by Crippen LogP contribution is 2.34. The van der Waals surface area contributed by atoms with Crippen molar-refractivity contribution in [2.75, 3.05) is 26.8 Å². The van der Waals surface area contributed by atoms with E-state index in [0.717, 1.165) is 45.6 Å². The number of ether oxygens (including phenoxy) is 3. The lowest BCUT2D eigenvalue weighted by molar-refractivity contribution is 0.0133. The third-order valence-corrected chi connectivity index (χ3v) is 5.75. The van der Waals surface area contributed by atoms with Gasteiger partial charge in [0, 0.05) is 24.1 Å². The average Bonchev–Trinajstić information content (AvgIpc) is 3.03. The maximum atomic E-state index is 12.7. The molecule has 0 radical (unpaired) electrons. The maximum absolute atomic E-state index is 12.7. The van der Waals surface area contributed by atoms with Gasteiger partial charge < -0.3 is 19.1 Å². The highest BCUT2D eigenvalue weighted by atomic mass is 16.6. The second-order valence-corrected chi connectivity index (χ2v) is 9.78. The summed E-state index contributed by atoms with van der Waals surface area (Å²) < 4.78 is 17.3. The van der Waals surface area contributed by atoms with Crippen LogP contribution in [0.3, 0.4) is 0 Å². The molecule has 3 heterocycles. The van der Waals surface area contributed by atoms with Crippen molar-refractivity contribution in [2.45, 2.75) is 52.7 Å². The molecule has 0 bridgehead atoms. The molecule has 1 unspecified atom stereocenters. The first-order valence-electron chi connectivity index (χ1n) is 11.7. The molecule has 1 amide bonds. The van der Waals surface area contributed by atoms with Gasteiger partial charge in [-0.25, -0.2) is 14.8 Å². The topological polar surface area (TPSA) is 73.8 Å². The third-order valence-electron chi connectivity index (χ3n) is 5.75. The predicted octanol–water partition coefficient (Wildman–Crippen LogP) is 5.62. The van der Waals surface area contributed by atoms with Gasteiger partial charge in [0.05, 0.1) is 25.0 Å². The fourth-order valence-electron chi connectivity index (χ4n) is 4.25. The number of carbonyl (C=O) groups is 1. The minimum atomic E-state index is -0.545. The lowest BCUT2D eigenvalue weighted by Crippen LogP contribution is -2.39. The molecule has 1 atom stereocenters. The van der Waals surface area contributed by atoms with E-state index in [4.69, 9.17) is 24.2 Å². The number of pyridine rings is 2. The second-order valence-electron chi connectivity index (χ2n) is 9.78. The standard InChI is InChI=1S/C27H33N3O4/c1-17-14-18(2)24(22(15-17)32-6)21-11-9-19-8-10-20(28-25(19)29-21)23-16-30(12-7-13-33-23)26(31)34-27(3,4)5/h8-11,14-15,23H,7,12-13,16H2,1-6H3. The molecule has 7 nitrogen and oxygen atoms in total. The highest BCUT2D eigenvalue weighted by molar-refractivity contribution is 5.81. The molecule has 4 rings (SSSR count). The van der Waals surface area contributed by atoms with Crippen LogP contribution in [0.25, 0.3) is 22.3 Å². The molecule has 1 aliphatic rings. The van der Waals surface area contributed by atoms with Crippen LogP contribution in [0.2, 0.25) is 0 Å². The second kappa shape index (κ2) is 9.58. The van der Waals surface area contributed by atoms with Crippen LogP contribution in [-0.2, 0) is 9.47 Å². The molecule has 0 saturated carbocycles. The van der Waals surface area contributed by atoms with Crippen molar-refractivity contribution in [1.82, 2.24) is 14.9 Å². The van der Waals surface area contributed by atoms with Gasteiger partial charge in [-0.2, -0.15) is 0 Å². The van der Waals surface area contributed by atoms with E-state index >= 15 is 0 Å². The van der Waals surface area contributed by atoms with E-state index < -0.39 is 5.60 Å². The number of aryl methyl sites for hydroxylation is 2. The van der Waals surface area contributed by atoms with Crippen molar-refractivity contribution in [3.8, 4) is 17.0 Å². The van der Waals surface area contributed by atoms with Gasteiger partial charge in [0.25, 0.3) is 0 Å². The number of hydrogen-bond donors (Lipinski definition) is 0. The van der Waals surface area contributed by atoms with E-state index in [2.05, 4.69) is 13.0 Å². The Kier molecular flexibility index (Phi) is 6.75. The summed E-state index contributed by atoms with van der Waals surface area (Å²) in [5.41, 5.74) is 4.84. The van der Waals surface area contributed by atoms with E-state index in [1.54, 1.807) is 12.0 Å². The fraction of sp³-hybridized carbons (Fsp3) is 0.444. The molecule has 0 N–H and O–H groups in total. The molecule has 0 aliphatic carbocycles. The summed E-state index contributed by atoms with van der Waals surface area (Å²) in [6, 6.07) is 12.1. The molecule has 1 fully saturated rings. The average molecular weight is 464 g/mol. The molecule has 0 spiro atoms. The van der Waals surface area contributed by atoms with E-state index in [0.29, 0.717) is 25.3 Å². The molecule has 7 heteroatoms. The first-order valence-corrected chi connectivity index (χ1v) is 11.7. The molecular formula is C27H33N3O4. The Hall–Kier alpha value is -3.19. The van der Waals surface area contributed by atoms with Crippen LogP contribution in [0.4, 0.5) is 4.79 Å². The van der Waals surface area contributed by atoms with Crippen molar-refractivity contribution in [2.24, 2.45) is 0 Å². The minimum Gasteiger partial charge on any atom is -0.496 e. The molecule has 180 valence electrons. The predicted molar refractivity (Wildman–Crippen MR) is 132 cm³/mol. The van der Waals surface area contributed by atoms with Crippen molar-refractivity contribution in [3.63, 3.8) is 0 Å². The minimum absolute atomic E-state index is 0.328. The van der Waals surface area contributed by atoms with Crippen LogP contribution in [0.1, 0.15) is 50.1 Å². The number of aromatic nitrogens is 2. The van der Waals surface area contributed by atoms with Crippen LogP contribution in [0, 0.1) is 13.8 Å². The lowest BCUT2D eigenvalue weighted by atomic mass is 10.0. The monoisotopic (exact) mass is 463 g/mol. The lowest BCUT2D eigenvalue weighted by Gasteiger charge is -2.27. The number of nitrogens with zero attached hydrogens (tertiary/aromatic N) is 3. The first kappa shape index (κ1) is 24.0. The number of amides is 1. The van der Waals surface area contributed by atoms with Crippen molar-refractivity contribution < 1.29 is 19.0 Å². The number of rotatable bonds is 3. The SMILES string of the molecule is COc1cc(C)cc(C)c1-c1ccc2ccc(C3CN(C(=O)OC(C)(C)C)CCCO3)nc2n1. The van der Waals surface area contributed by atoms with E-state index in [1.807, 2.05) is 58.0 Å². The van der Waals surface area contributed by atoms with Crippen LogP contribution in [0.15, 0.2) is 36.4 Å². The Labute approximate surface area is 201 Å². The zero-order valence-electron chi connectivity index (χ0n) is 20.8. The van der Waals surface area contributed by atoms with Gasteiger partial charge in [0.2, 0.25) is 0 Å². The van der Waals surface area contributed by atoms with Gasteiger partial charge in [-0.3, -0.25) is 0 Å². The van der Waals surface area contributed by atoms with Crippen LogP contribution >= 0.6 is 0 Å². The maximum Gasteiger partial charge on any atom is 0.410 e. The Balaban J connectivity index is 1.66. The van der Waals surface area contributed by atoms with Gasteiger partial charge in [0.15, 0.2) is 5.65 Å². The molecule has 1 aromatic carbocycles. The largest absolute Gasteiger partial charge is 0.496 e. The molecule has 1 aliphatic heterocycles. The summed E-state index contributed by atoms with van der Waals surface area (Å²) in [4.78, 5) is 24.1. The number of carbonyl (C=O) groups excluding carboxylic acids is 1. The van der Waals surface area contributed by atoms with Crippen LogP contribution < -0.4 is 4.74 Å². The van der Waals surface area contributed by atoms with E-state index in [9.17, 15) is 4.79 Å². The van der Waals surface area contributed by atoms with Gasteiger partial charge in [0.1, 0.15) is 17.5 Å². The first-order chi connectivity index (χ1) is 16.1. The van der Waals surface area contributed by atoms with Crippen molar-refractivity contribution >= 4 is 17.1 Å². The van der Waals surface area contributed by atoms with E-state index in [-0.39, 0.29) is 12.2 Å². The third kappa shape index (κ3) is 5.30. The number of methoxy groups -OCH3 is 1. The van der Waals surface area contributed by atoms with Crippen molar-refractivity contribution in [1.29, 1.82) is 0 Å². The Bertz CT molecular complexity index is 1200. The molecule has 34 heavy (non-hydrogen) atoms. The number of benzene rings is 1. The van der Waals surface area contributed by atoms with Gasteiger partial charge in [-0.15, -0.1) is 0 Å². The Morgan fingerprint density at radius 3 is 2.62 bits per heavy atom. The summed E-state index contributed by atoms with van der Waals surface area (Å²) in [5, 5.41) is 0.939. The van der Waals surface area contributed by atoms with E-state index in [1.165, 1.54) is 0 Å². The molecule has 2 aromatic heterocycles. The summed E-state index contributed by atoms with van der Waals surface area (Å²) in [5.74, 6) is 0.792. The van der Waals surface area contributed by atoms with Crippen molar-refractivity contribution in [3.05, 3.63) is 53.2 Å². The zero-order chi connectivity index (χ0) is 24.5. The quantitative estimate of drug-likeness (QED) is 0.502. The van der Waals surface area contributed by atoms with Crippen LogP contribution in [0.5, 0.6) is 5.75 Å². The smallest absolute Gasteiger partial charge is 0.410 e. The Morgan fingerprint density at radius 2 is 1.88 bits per heavy atom. The van der Waals surface area contributed by atoms with Gasteiger partial charge in [-0.1, -0.05) is 6.07 Å². The molecule has 1 saturated heterocycles. The van der Waals surface area contributed by atoms with Gasteiger partial charge >= 0.3 is 6.09 Å².